The second kappa shape index (κ2) is 22.2. The van der Waals surface area contributed by atoms with Gasteiger partial charge in [0.05, 0.1) is 0 Å². The molecular formula is C45H77O11RaRb. The summed E-state index contributed by atoms with van der Waals surface area (Å²) in [5.74, 6) is 1.31. The van der Waals surface area contributed by atoms with Gasteiger partial charge in [-0.25, -0.2) is 0 Å². The van der Waals surface area contributed by atoms with Gasteiger partial charge in [-0.05, 0) is 12.3 Å². The van der Waals surface area contributed by atoms with E-state index in [0.29, 0.717) is 25.1 Å². The van der Waals surface area contributed by atoms with E-state index in [9.17, 15) is 9.59 Å². The van der Waals surface area contributed by atoms with E-state index in [4.69, 9.17) is 42.6 Å². The fourth-order valence-corrected chi connectivity index (χ4v) is 14.4. The molecule has 11 unspecified atom stereocenters. The van der Waals surface area contributed by atoms with Crippen LogP contribution in [0.25, 0.3) is 0 Å². The van der Waals surface area contributed by atoms with Crippen LogP contribution in [0.2, 0.25) is -0.0546 Å². The minimum atomic E-state index is -0.767. The molecule has 0 radical (unpaired) electrons. The zero-order valence-electron chi connectivity index (χ0n) is 39.0. The van der Waals surface area contributed by atoms with Crippen molar-refractivity contribution in [2.45, 2.75) is 209 Å². The van der Waals surface area contributed by atoms with Crippen molar-refractivity contribution in [1.82, 2.24) is 0 Å². The Hall–Kier alpha value is 2.25. The van der Waals surface area contributed by atoms with E-state index in [1.807, 2.05) is 0 Å². The first kappa shape index (κ1) is 51.2. The third-order valence-electron chi connectivity index (χ3n) is 16.2. The number of hydrogen-bond acceptors (Lipinski definition) is 11. The van der Waals surface area contributed by atoms with Crippen LogP contribution >= 0.6 is 0 Å². The third-order valence-corrected chi connectivity index (χ3v) is 28.3. The number of rotatable bonds is 13. The molecule has 0 spiro atoms. The second-order valence-corrected chi connectivity index (χ2v) is 28.4. The molecular weight excluding hydrogens is 1030 g/mol. The number of hydrogen-bond donors (Lipinski definition) is 0. The molecule has 5 aliphatic heterocycles. The summed E-state index contributed by atoms with van der Waals surface area (Å²) in [7, 11) is 0. The quantitative estimate of drug-likeness (QED) is 0.184. The molecule has 326 valence electrons. The van der Waals surface area contributed by atoms with E-state index in [1.54, 1.807) is 13.8 Å². The molecule has 0 aromatic heterocycles. The standard InChI is InChI=1S/C45H76O11.Ra.Rb.H/c1-16-33-25(8)24(7)28(11)43(50-33)54-40-27(10)30(13)45(56-42(40)32(15)47)53-38-22(5)20-36(49-35(38)18-3)51-39-26(9)29(12)44(55-41(39)31(14)46)52-37-21(4)19-23(6)48-34(37)17-2;;;/h19-30,33-45H,16-18H2,1-15H3;;;/t21-,22-,23?,24+,25+,26?,27-,28?,29+,30?,33?,34?,35?,36+,37+,38+,39-,40+,41?,42?,43-,44-,45-;;;/m1.../s1. The first-order valence-corrected chi connectivity index (χ1v) is 30.8. The van der Waals surface area contributed by atoms with Crippen LogP contribution in [0.5, 0.6) is 0 Å². The summed E-state index contributed by atoms with van der Waals surface area (Å²) in [5, 5.41) is 0. The Bertz CT molecular complexity index is 1350. The second-order valence-electron chi connectivity index (χ2n) is 19.6. The van der Waals surface area contributed by atoms with Crippen molar-refractivity contribution in [3.05, 3.63) is 0 Å². The molecule has 0 bridgehead atoms. The Balaban J connectivity index is 1.26. The Kier molecular flexibility index (Phi) is 19.6. The van der Waals surface area contributed by atoms with Gasteiger partial charge in [-0.15, -0.1) is 0 Å². The topological polar surface area (TPSA) is 117 Å². The van der Waals surface area contributed by atoms with Crippen molar-refractivity contribution in [2.24, 2.45) is 53.3 Å². The smallest absolute Gasteiger partial charge is 0.0617 e. The van der Waals surface area contributed by atoms with E-state index in [1.165, 1.54) is 0 Å². The van der Waals surface area contributed by atoms with Crippen LogP contribution in [0.1, 0.15) is 123 Å². The fourth-order valence-electron chi connectivity index (χ4n) is 10.5. The molecule has 5 fully saturated rings. The summed E-state index contributed by atoms with van der Waals surface area (Å²) in [4.78, 5) is 26.6. The Morgan fingerprint density at radius 2 is 0.845 bits per heavy atom. The van der Waals surface area contributed by atoms with Gasteiger partial charge in [0.1, 0.15) is 0 Å². The molecule has 25 atom stereocenters. The van der Waals surface area contributed by atoms with Crippen molar-refractivity contribution in [2.75, 3.05) is 0 Å². The molecule has 0 aromatic rings. The maximum absolute atomic E-state index is 13.3. The van der Waals surface area contributed by atoms with Crippen molar-refractivity contribution in [1.29, 1.82) is 0 Å². The van der Waals surface area contributed by atoms with Gasteiger partial charge in [-0.1, -0.05) is 20.8 Å². The number of carbonyl (C=O) groups is 2. The average Bonchev–Trinajstić information content (AvgIpc) is 3.19. The molecule has 0 amide bonds. The first-order valence-electron chi connectivity index (χ1n) is 23.2. The maximum atomic E-state index is 13.3. The molecule has 11 nitrogen and oxygen atoms in total. The molecule has 0 aliphatic carbocycles. The molecule has 5 saturated heterocycles. The van der Waals surface area contributed by atoms with Crippen LogP contribution in [0.15, 0.2) is 0 Å². The minimum absolute atomic E-state index is 0.00763. The first-order chi connectivity index (χ1) is 27.3. The van der Waals surface area contributed by atoms with E-state index in [2.05, 4.69) is 90.0 Å². The van der Waals surface area contributed by atoms with Gasteiger partial charge in [0.2, 0.25) is 0 Å². The van der Waals surface area contributed by atoms with Crippen LogP contribution in [0, 0.1) is 96.1 Å². The van der Waals surface area contributed by atoms with Crippen LogP contribution < -0.4 is 0 Å². The normalized spacial score (nSPS) is 51.6. The van der Waals surface area contributed by atoms with Gasteiger partial charge >= 0.3 is 392 Å². The summed E-state index contributed by atoms with van der Waals surface area (Å²) in [6.07, 6.45) is -2.16. The minimum Gasteiger partial charge on any atom is -0.0617 e. The molecule has 13 heteroatoms. The molecule has 0 N–H and O–H groups in total. The van der Waals surface area contributed by atoms with Crippen LogP contribution in [-0.2, 0) is 52.2 Å². The van der Waals surface area contributed by atoms with Crippen LogP contribution in [0.3, 0.4) is 0 Å². The van der Waals surface area contributed by atoms with Gasteiger partial charge in [0, 0.05) is 0 Å². The predicted octanol–water partition coefficient (Wildman–Crippen LogP) is 7.37. The predicted molar refractivity (Wildman–Crippen MR) is 218 cm³/mol. The fraction of sp³-hybridized carbons (Fsp3) is 0.956. The molecule has 0 saturated carbocycles. The van der Waals surface area contributed by atoms with Gasteiger partial charge in [0.25, 0.3) is 0 Å². The van der Waals surface area contributed by atoms with E-state index in [-0.39, 0.29) is 181 Å². The van der Waals surface area contributed by atoms with Crippen molar-refractivity contribution in [3.8, 4) is 0 Å². The van der Waals surface area contributed by atoms with E-state index < -0.39 is 49.6 Å². The zero-order valence-corrected chi connectivity index (χ0v) is 52.2. The van der Waals surface area contributed by atoms with Crippen molar-refractivity contribution >= 4 is 67.1 Å². The summed E-state index contributed by atoms with van der Waals surface area (Å²) >= 11 is 0.329. The number of ketones is 2. The molecule has 5 aliphatic rings. The van der Waals surface area contributed by atoms with Gasteiger partial charge in [-0.3, -0.25) is 0 Å². The summed E-state index contributed by atoms with van der Waals surface area (Å²) < 4.78 is 61.2. The van der Waals surface area contributed by atoms with Crippen LogP contribution in [-0.4, -0.2) is 153 Å². The van der Waals surface area contributed by atoms with E-state index >= 15 is 0 Å². The van der Waals surface area contributed by atoms with Gasteiger partial charge in [-0.2, -0.15) is 0 Å². The Morgan fingerprint density at radius 3 is 1.31 bits per heavy atom. The van der Waals surface area contributed by atoms with E-state index in [0.717, 1.165) is 12.8 Å². The number of ether oxygens (including phenoxy) is 9. The van der Waals surface area contributed by atoms with Crippen molar-refractivity contribution < 1.29 is 95.0 Å². The molecule has 5 heterocycles. The number of carbonyl (C=O) groups excluding carboxylic acids is 2. The average molecular weight is 1110 g/mol. The Labute approximate surface area is 419 Å². The Morgan fingerprint density at radius 1 is 0.466 bits per heavy atom. The third kappa shape index (κ3) is 10.9. The summed E-state index contributed by atoms with van der Waals surface area (Å²) in [6.45, 7) is 31.6. The molecule has 58 heavy (non-hydrogen) atoms. The monoisotopic (exact) mass is 1100 g/mol. The SMILES string of the molecule is CCC1O[C@H](O[C@@H]2C(C(C)=O)O[C@@H](O[C@@H]3C(CC)O[C@@H](O[C@H]4C(C(C)=O)O[C@@H](O[C@@H]5C(CC)OC(C)[CH]([RaH])[C@H]5C)[C@@H](C)C4C)[CH]([Rb])[C@H]3C)C(C)[C@H]2C)C(C)[C@@H](C)[C@@H]1C. The van der Waals surface area contributed by atoms with Crippen LogP contribution in [0.4, 0.5) is 0 Å². The molecule has 5 rings (SSSR count). The number of Topliss-reactive ketones (excluding diaryl/α,β-unsaturated/α-hetero) is 2. The van der Waals surface area contributed by atoms with Gasteiger partial charge < -0.3 is 0 Å². The zero-order chi connectivity index (χ0) is 43.1. The summed E-state index contributed by atoms with van der Waals surface area (Å²) in [5.41, 5.74) is 0. The molecule has 0 aromatic carbocycles. The summed E-state index contributed by atoms with van der Waals surface area (Å²) in [6, 6.07) is 0. The van der Waals surface area contributed by atoms with Crippen molar-refractivity contribution in [3.63, 3.8) is 0 Å². The van der Waals surface area contributed by atoms with Gasteiger partial charge in [0.15, 0.2) is 0 Å².